The molecule has 1 heterocycles. The summed E-state index contributed by atoms with van der Waals surface area (Å²) in [5.41, 5.74) is 2.89. The fraction of sp³-hybridized carbons (Fsp3) is 0.647. The Morgan fingerprint density at radius 2 is 1.95 bits per heavy atom. The van der Waals surface area contributed by atoms with Gasteiger partial charge in [0.05, 0.1) is 25.9 Å². The molecule has 0 bridgehead atoms. The van der Waals surface area contributed by atoms with Crippen LogP contribution in [0.2, 0.25) is 0 Å². The second-order valence-corrected chi connectivity index (χ2v) is 6.11. The molecule has 0 spiro atoms. The van der Waals surface area contributed by atoms with E-state index in [4.69, 9.17) is 9.47 Å². The lowest BCUT2D eigenvalue weighted by atomic mass is 9.81. The largest absolute Gasteiger partial charge is 0.376 e. The van der Waals surface area contributed by atoms with Crippen molar-refractivity contribution in [2.75, 3.05) is 26.9 Å². The molecule has 1 aliphatic rings. The smallest absolute Gasteiger partial charge is 0.100 e. The monoisotopic (exact) mass is 277 g/mol. The van der Waals surface area contributed by atoms with Crippen molar-refractivity contribution in [2.45, 2.75) is 44.8 Å². The zero-order chi connectivity index (χ0) is 14.6. The summed E-state index contributed by atoms with van der Waals surface area (Å²) in [7, 11) is 1.98. The Hall–Kier alpha value is -0.900. The molecule has 20 heavy (non-hydrogen) atoms. The van der Waals surface area contributed by atoms with Crippen molar-refractivity contribution in [2.24, 2.45) is 0 Å². The van der Waals surface area contributed by atoms with Crippen molar-refractivity contribution in [1.82, 2.24) is 5.32 Å². The highest BCUT2D eigenvalue weighted by molar-refractivity contribution is 5.30. The molecule has 3 heteroatoms. The number of hydrogen-bond acceptors (Lipinski definition) is 3. The molecule has 0 aromatic heterocycles. The highest BCUT2D eigenvalue weighted by Gasteiger charge is 2.26. The fourth-order valence-electron chi connectivity index (χ4n) is 2.61. The maximum absolute atomic E-state index is 5.82. The number of rotatable bonds is 5. The van der Waals surface area contributed by atoms with Gasteiger partial charge in [-0.05, 0) is 30.0 Å². The van der Waals surface area contributed by atoms with Gasteiger partial charge in [0.25, 0.3) is 0 Å². The Bertz CT molecular complexity index is 408. The maximum Gasteiger partial charge on any atom is 0.100 e. The summed E-state index contributed by atoms with van der Waals surface area (Å²) in [4.78, 5) is 0. The molecule has 3 nitrogen and oxygen atoms in total. The second kappa shape index (κ2) is 6.70. The van der Waals surface area contributed by atoms with Crippen LogP contribution in [-0.2, 0) is 14.9 Å². The Balaban J connectivity index is 2.14. The van der Waals surface area contributed by atoms with Crippen molar-refractivity contribution in [3.05, 3.63) is 35.4 Å². The van der Waals surface area contributed by atoms with Gasteiger partial charge in [0.2, 0.25) is 0 Å². The van der Waals surface area contributed by atoms with E-state index >= 15 is 0 Å². The Morgan fingerprint density at radius 1 is 1.25 bits per heavy atom. The van der Waals surface area contributed by atoms with Crippen LogP contribution in [0.4, 0.5) is 0 Å². The van der Waals surface area contributed by atoms with Gasteiger partial charge in [-0.3, -0.25) is 0 Å². The zero-order valence-electron chi connectivity index (χ0n) is 13.1. The van der Waals surface area contributed by atoms with E-state index in [2.05, 4.69) is 50.4 Å². The molecule has 1 fully saturated rings. The van der Waals surface area contributed by atoms with E-state index in [1.54, 1.807) is 0 Å². The van der Waals surface area contributed by atoms with Gasteiger partial charge in [-0.15, -0.1) is 0 Å². The lowest BCUT2D eigenvalue weighted by Gasteiger charge is -2.31. The summed E-state index contributed by atoms with van der Waals surface area (Å²) in [6.45, 7) is 8.86. The maximum atomic E-state index is 5.82. The SMILES string of the molecule is CCC(C)(C)c1ccc(C(NC)C2COCCO2)cc1. The molecule has 0 amide bonds. The molecule has 0 radical (unpaired) electrons. The van der Waals surface area contributed by atoms with Crippen LogP contribution in [0.15, 0.2) is 24.3 Å². The average molecular weight is 277 g/mol. The third kappa shape index (κ3) is 3.40. The van der Waals surface area contributed by atoms with Crippen LogP contribution < -0.4 is 5.32 Å². The van der Waals surface area contributed by atoms with Crippen LogP contribution >= 0.6 is 0 Å². The number of nitrogens with one attached hydrogen (secondary N) is 1. The third-order valence-electron chi connectivity index (χ3n) is 4.46. The lowest BCUT2D eigenvalue weighted by molar-refractivity contribution is -0.101. The van der Waals surface area contributed by atoms with Gasteiger partial charge in [0.1, 0.15) is 6.10 Å². The number of likely N-dealkylation sites (N-methyl/N-ethyl adjacent to an activating group) is 1. The highest BCUT2D eigenvalue weighted by atomic mass is 16.6. The average Bonchev–Trinajstić information content (AvgIpc) is 2.50. The minimum Gasteiger partial charge on any atom is -0.376 e. The first-order valence-corrected chi connectivity index (χ1v) is 7.55. The molecular weight excluding hydrogens is 250 g/mol. The molecule has 0 aliphatic carbocycles. The van der Waals surface area contributed by atoms with Gasteiger partial charge in [-0.2, -0.15) is 0 Å². The Morgan fingerprint density at radius 3 is 2.45 bits per heavy atom. The van der Waals surface area contributed by atoms with Crippen molar-refractivity contribution in [3.63, 3.8) is 0 Å². The van der Waals surface area contributed by atoms with Gasteiger partial charge in [0, 0.05) is 0 Å². The normalized spacial score (nSPS) is 21.7. The van der Waals surface area contributed by atoms with Crippen LogP contribution in [0.5, 0.6) is 0 Å². The molecule has 0 saturated carbocycles. The van der Waals surface area contributed by atoms with Crippen molar-refractivity contribution < 1.29 is 9.47 Å². The Labute approximate surface area is 122 Å². The van der Waals surface area contributed by atoms with E-state index < -0.39 is 0 Å². The van der Waals surface area contributed by atoms with E-state index in [9.17, 15) is 0 Å². The van der Waals surface area contributed by atoms with Gasteiger partial charge in [-0.1, -0.05) is 45.0 Å². The number of ether oxygens (including phenoxy) is 2. The van der Waals surface area contributed by atoms with Gasteiger partial charge < -0.3 is 14.8 Å². The minimum atomic E-state index is 0.0961. The molecule has 112 valence electrons. The predicted octanol–water partition coefficient (Wildman–Crippen LogP) is 3.05. The van der Waals surface area contributed by atoms with E-state index in [0.717, 1.165) is 6.42 Å². The summed E-state index contributed by atoms with van der Waals surface area (Å²) in [5.74, 6) is 0. The standard InChI is InChI=1S/C17H27NO2/c1-5-17(2,3)14-8-6-13(7-9-14)16(18-4)15-12-19-10-11-20-15/h6-9,15-16,18H,5,10-12H2,1-4H3. The second-order valence-electron chi connectivity index (χ2n) is 6.11. The summed E-state index contributed by atoms with van der Waals surface area (Å²) in [6, 6.07) is 9.10. The first-order valence-electron chi connectivity index (χ1n) is 7.55. The van der Waals surface area contributed by atoms with Crippen LogP contribution in [0.3, 0.4) is 0 Å². The van der Waals surface area contributed by atoms with E-state index in [1.807, 2.05) is 7.05 Å². The highest BCUT2D eigenvalue weighted by Crippen LogP contribution is 2.29. The Kier molecular flexibility index (Phi) is 5.19. The molecule has 1 aromatic rings. The van der Waals surface area contributed by atoms with Gasteiger partial charge in [0.15, 0.2) is 0 Å². The summed E-state index contributed by atoms with van der Waals surface area (Å²) < 4.78 is 11.3. The summed E-state index contributed by atoms with van der Waals surface area (Å²) >= 11 is 0. The molecule has 2 atom stereocenters. The van der Waals surface area contributed by atoms with Crippen LogP contribution in [0.1, 0.15) is 44.4 Å². The van der Waals surface area contributed by atoms with Crippen LogP contribution in [-0.4, -0.2) is 33.0 Å². The lowest BCUT2D eigenvalue weighted by Crippen LogP contribution is -2.39. The summed E-state index contributed by atoms with van der Waals surface area (Å²) in [5, 5.41) is 3.36. The van der Waals surface area contributed by atoms with Crippen molar-refractivity contribution in [3.8, 4) is 0 Å². The zero-order valence-corrected chi connectivity index (χ0v) is 13.1. The first-order chi connectivity index (χ1) is 9.58. The van der Waals surface area contributed by atoms with E-state index in [1.165, 1.54) is 11.1 Å². The first kappa shape index (κ1) is 15.5. The topological polar surface area (TPSA) is 30.5 Å². The fourth-order valence-corrected chi connectivity index (χ4v) is 2.61. The number of benzene rings is 1. The molecule has 1 aliphatic heterocycles. The van der Waals surface area contributed by atoms with Crippen molar-refractivity contribution >= 4 is 0 Å². The third-order valence-corrected chi connectivity index (χ3v) is 4.46. The molecule has 2 rings (SSSR count). The van der Waals surface area contributed by atoms with Gasteiger partial charge in [-0.25, -0.2) is 0 Å². The predicted molar refractivity (Wildman–Crippen MR) is 82.1 cm³/mol. The number of hydrogen-bond donors (Lipinski definition) is 1. The molecular formula is C17H27NO2. The van der Waals surface area contributed by atoms with Gasteiger partial charge >= 0.3 is 0 Å². The molecule has 1 aromatic carbocycles. The minimum absolute atomic E-state index is 0.0961. The summed E-state index contributed by atoms with van der Waals surface area (Å²) in [6.07, 6.45) is 1.24. The van der Waals surface area contributed by atoms with Crippen LogP contribution in [0.25, 0.3) is 0 Å². The quantitative estimate of drug-likeness (QED) is 0.897. The molecule has 2 unspecified atom stereocenters. The molecule has 1 saturated heterocycles. The molecule has 1 N–H and O–H groups in total. The van der Waals surface area contributed by atoms with Crippen LogP contribution in [0, 0.1) is 0 Å². The van der Waals surface area contributed by atoms with E-state index in [0.29, 0.717) is 19.8 Å². The van der Waals surface area contributed by atoms with Crippen molar-refractivity contribution in [1.29, 1.82) is 0 Å². The van der Waals surface area contributed by atoms with E-state index in [-0.39, 0.29) is 17.6 Å².